The van der Waals surface area contributed by atoms with Gasteiger partial charge in [0.05, 0.1) is 11.2 Å². The molecule has 0 saturated carbocycles. The molecule has 1 aliphatic rings. The highest BCUT2D eigenvalue weighted by Crippen LogP contribution is 2.37. The maximum absolute atomic E-state index is 13.6. The molecule has 1 fully saturated rings. The zero-order chi connectivity index (χ0) is 13.6. The van der Waals surface area contributed by atoms with Gasteiger partial charge in [-0.15, -0.1) is 0 Å². The van der Waals surface area contributed by atoms with E-state index in [1.54, 1.807) is 6.07 Å². The molecule has 1 aliphatic heterocycles. The molecule has 0 aromatic heterocycles. The fourth-order valence-electron chi connectivity index (χ4n) is 1.51. The fraction of sp³-hybridized carbons (Fsp3) is 0.500. The summed E-state index contributed by atoms with van der Waals surface area (Å²) in [6.45, 7) is 7.59. The van der Waals surface area contributed by atoms with Gasteiger partial charge in [0.1, 0.15) is 5.75 Å². The number of benzene rings is 1. The van der Waals surface area contributed by atoms with Crippen LogP contribution in [0, 0.1) is 5.82 Å². The average Bonchev–Trinajstić information content (AvgIpc) is 2.40. The van der Waals surface area contributed by atoms with Crippen LogP contribution in [0.4, 0.5) is 4.39 Å². The van der Waals surface area contributed by atoms with Crippen molar-refractivity contribution in [3.63, 3.8) is 0 Å². The van der Waals surface area contributed by atoms with E-state index in [1.807, 2.05) is 27.7 Å². The van der Waals surface area contributed by atoms with Crippen molar-refractivity contribution in [2.75, 3.05) is 0 Å². The monoisotopic (exact) mass is 272 g/mol. The lowest BCUT2D eigenvalue weighted by atomic mass is 9.90. The van der Waals surface area contributed by atoms with Crippen molar-refractivity contribution in [1.29, 1.82) is 0 Å². The third kappa shape index (κ3) is 2.48. The van der Waals surface area contributed by atoms with Crippen LogP contribution in [0.1, 0.15) is 27.7 Å². The molecule has 0 spiro atoms. The standard InChI is InChI=1S/C12H15BClFO3/c1-11(2)12(3,4)18-13(17-11)16-10-6-5-8(14)7-9(10)15/h5-7H,1-4H3. The van der Waals surface area contributed by atoms with Gasteiger partial charge in [0, 0.05) is 5.02 Å². The van der Waals surface area contributed by atoms with Gasteiger partial charge in [0.15, 0.2) is 5.82 Å². The predicted molar refractivity (Wildman–Crippen MR) is 68.1 cm³/mol. The van der Waals surface area contributed by atoms with Gasteiger partial charge in [-0.1, -0.05) is 11.6 Å². The molecule has 98 valence electrons. The summed E-state index contributed by atoms with van der Waals surface area (Å²) in [6, 6.07) is 4.18. The third-order valence-corrected chi connectivity index (χ3v) is 3.58. The molecule has 0 unspecified atom stereocenters. The summed E-state index contributed by atoms with van der Waals surface area (Å²) in [5.74, 6) is -0.491. The second-order valence-corrected chi connectivity index (χ2v) is 5.67. The SMILES string of the molecule is CC1(C)OB(Oc2ccc(Cl)cc2F)OC1(C)C. The van der Waals surface area contributed by atoms with E-state index in [-0.39, 0.29) is 5.75 Å². The highest BCUT2D eigenvalue weighted by Gasteiger charge is 2.54. The second-order valence-electron chi connectivity index (χ2n) is 5.24. The Morgan fingerprint density at radius 1 is 1.17 bits per heavy atom. The third-order valence-electron chi connectivity index (χ3n) is 3.35. The van der Waals surface area contributed by atoms with E-state index in [9.17, 15) is 4.39 Å². The Morgan fingerprint density at radius 3 is 2.22 bits per heavy atom. The zero-order valence-corrected chi connectivity index (χ0v) is 11.5. The molecule has 6 heteroatoms. The number of hydrogen-bond acceptors (Lipinski definition) is 3. The predicted octanol–water partition coefficient (Wildman–Crippen LogP) is 3.45. The number of halogens is 2. The Morgan fingerprint density at radius 2 is 1.72 bits per heavy atom. The maximum atomic E-state index is 13.6. The zero-order valence-electron chi connectivity index (χ0n) is 10.8. The van der Waals surface area contributed by atoms with E-state index >= 15 is 0 Å². The summed E-state index contributed by atoms with van der Waals surface area (Å²) in [4.78, 5) is 0. The molecule has 0 aliphatic carbocycles. The number of rotatable bonds is 2. The van der Waals surface area contributed by atoms with Crippen molar-refractivity contribution >= 4 is 18.9 Å². The van der Waals surface area contributed by atoms with E-state index < -0.39 is 24.3 Å². The second kappa shape index (κ2) is 4.40. The molecule has 0 bridgehead atoms. The first-order chi connectivity index (χ1) is 8.21. The van der Waals surface area contributed by atoms with Crippen LogP contribution in [0.3, 0.4) is 0 Å². The van der Waals surface area contributed by atoms with Crippen LogP contribution in [-0.4, -0.2) is 18.5 Å². The van der Waals surface area contributed by atoms with Gasteiger partial charge in [0.25, 0.3) is 0 Å². The van der Waals surface area contributed by atoms with Crippen molar-refractivity contribution in [3.05, 3.63) is 29.0 Å². The highest BCUT2D eigenvalue weighted by atomic mass is 35.5. The maximum Gasteiger partial charge on any atom is 0.714 e. The fourth-order valence-corrected chi connectivity index (χ4v) is 1.67. The molecule has 18 heavy (non-hydrogen) atoms. The van der Waals surface area contributed by atoms with Crippen LogP contribution in [0.15, 0.2) is 18.2 Å². The summed E-state index contributed by atoms with van der Waals surface area (Å²) in [5, 5.41) is 0.314. The van der Waals surface area contributed by atoms with Crippen LogP contribution < -0.4 is 4.65 Å². The van der Waals surface area contributed by atoms with Gasteiger partial charge >= 0.3 is 7.32 Å². The summed E-state index contributed by atoms with van der Waals surface area (Å²) >= 11 is 5.67. The minimum absolute atomic E-state index is 0.0536. The van der Waals surface area contributed by atoms with Crippen LogP contribution in [0.25, 0.3) is 0 Å². The lowest BCUT2D eigenvalue weighted by molar-refractivity contribution is 0.00578. The van der Waals surface area contributed by atoms with Gasteiger partial charge in [-0.05, 0) is 45.9 Å². The first-order valence-corrected chi connectivity index (χ1v) is 6.06. The molecule has 0 radical (unpaired) electrons. The molecule has 1 heterocycles. The normalized spacial score (nSPS) is 21.1. The van der Waals surface area contributed by atoms with E-state index in [4.69, 9.17) is 25.6 Å². The molecule has 1 saturated heterocycles. The Bertz CT molecular complexity index is 449. The van der Waals surface area contributed by atoms with Crippen LogP contribution >= 0.6 is 11.6 Å². The van der Waals surface area contributed by atoms with E-state index in [0.717, 1.165) is 0 Å². The van der Waals surface area contributed by atoms with Crippen LogP contribution in [0.5, 0.6) is 5.75 Å². The Balaban J connectivity index is 2.12. The van der Waals surface area contributed by atoms with Gasteiger partial charge in [-0.3, -0.25) is 0 Å². The summed E-state index contributed by atoms with van der Waals surface area (Å²) < 4.78 is 30.1. The van der Waals surface area contributed by atoms with Gasteiger partial charge in [0.2, 0.25) is 0 Å². The minimum Gasteiger partial charge on any atom is -0.509 e. The molecule has 0 N–H and O–H groups in total. The highest BCUT2D eigenvalue weighted by molar-refractivity contribution is 6.38. The molecular weight excluding hydrogens is 257 g/mol. The van der Waals surface area contributed by atoms with Crippen LogP contribution in [-0.2, 0) is 9.31 Å². The Labute approximate surface area is 111 Å². The number of hydrogen-bond donors (Lipinski definition) is 0. The van der Waals surface area contributed by atoms with Crippen LogP contribution in [0.2, 0.25) is 5.02 Å². The smallest absolute Gasteiger partial charge is 0.509 e. The summed E-state index contributed by atoms with van der Waals surface area (Å²) in [6.07, 6.45) is 0. The molecule has 1 aromatic carbocycles. The Kier molecular flexibility index (Phi) is 3.34. The van der Waals surface area contributed by atoms with E-state index in [2.05, 4.69) is 0 Å². The van der Waals surface area contributed by atoms with Gasteiger partial charge in [-0.25, -0.2) is 4.39 Å². The van der Waals surface area contributed by atoms with Crippen molar-refractivity contribution in [2.45, 2.75) is 38.9 Å². The largest absolute Gasteiger partial charge is 0.714 e. The van der Waals surface area contributed by atoms with Crippen molar-refractivity contribution in [3.8, 4) is 5.75 Å². The first-order valence-electron chi connectivity index (χ1n) is 5.69. The first kappa shape index (κ1) is 13.7. The quantitative estimate of drug-likeness (QED) is 0.772. The van der Waals surface area contributed by atoms with Crippen molar-refractivity contribution in [1.82, 2.24) is 0 Å². The van der Waals surface area contributed by atoms with E-state index in [1.165, 1.54) is 12.1 Å². The molecule has 2 rings (SSSR count). The molecule has 0 amide bonds. The molecule has 0 atom stereocenters. The summed E-state index contributed by atoms with van der Waals surface area (Å²) in [5.41, 5.74) is -1.03. The summed E-state index contributed by atoms with van der Waals surface area (Å²) in [7, 11) is -0.925. The molecule has 1 aromatic rings. The lowest BCUT2D eigenvalue weighted by Crippen LogP contribution is -2.41. The van der Waals surface area contributed by atoms with E-state index in [0.29, 0.717) is 5.02 Å². The Hall–Kier alpha value is -0.775. The molecule has 3 nitrogen and oxygen atoms in total. The lowest BCUT2D eigenvalue weighted by Gasteiger charge is -2.31. The minimum atomic E-state index is -0.925. The molecular formula is C12H15BClFO3. The van der Waals surface area contributed by atoms with Gasteiger partial charge < -0.3 is 14.0 Å². The topological polar surface area (TPSA) is 27.7 Å². The van der Waals surface area contributed by atoms with Gasteiger partial charge in [-0.2, -0.15) is 0 Å². The average molecular weight is 273 g/mol. The van der Waals surface area contributed by atoms with Crippen molar-refractivity contribution in [2.24, 2.45) is 0 Å². The van der Waals surface area contributed by atoms with Crippen molar-refractivity contribution < 1.29 is 18.4 Å².